The van der Waals surface area contributed by atoms with Crippen LogP contribution in [0.25, 0.3) is 0 Å². The Morgan fingerprint density at radius 3 is 2.00 bits per heavy atom. The molecular formula is C12H24N2O7. The summed E-state index contributed by atoms with van der Waals surface area (Å²) < 4.78 is 20.7. The van der Waals surface area contributed by atoms with Gasteiger partial charge in [0.25, 0.3) is 0 Å². The molecule has 0 saturated heterocycles. The third-order valence-electron chi connectivity index (χ3n) is 3.00. The monoisotopic (exact) mass is 308 g/mol. The molecule has 0 aliphatic carbocycles. The average molecular weight is 308 g/mol. The second kappa shape index (κ2) is 10.5. The third kappa shape index (κ3) is 5.94. The van der Waals surface area contributed by atoms with Crippen LogP contribution in [-0.4, -0.2) is 82.9 Å². The molecule has 4 atom stereocenters. The summed E-state index contributed by atoms with van der Waals surface area (Å²) in [5.41, 5.74) is 4.91. The van der Waals surface area contributed by atoms with Gasteiger partial charge in [0, 0.05) is 28.4 Å². The largest absolute Gasteiger partial charge is 0.394 e. The van der Waals surface area contributed by atoms with E-state index in [1.54, 1.807) is 0 Å². The quantitative estimate of drug-likeness (QED) is 0.385. The van der Waals surface area contributed by atoms with Crippen molar-refractivity contribution < 1.29 is 33.6 Å². The van der Waals surface area contributed by atoms with Gasteiger partial charge >= 0.3 is 11.8 Å². The second-order valence-electron chi connectivity index (χ2n) is 4.26. The van der Waals surface area contributed by atoms with Gasteiger partial charge in [-0.15, -0.1) is 0 Å². The molecule has 0 aliphatic rings. The van der Waals surface area contributed by atoms with Crippen LogP contribution in [0.15, 0.2) is 0 Å². The van der Waals surface area contributed by atoms with Crippen molar-refractivity contribution in [3.05, 3.63) is 0 Å². The van der Waals surface area contributed by atoms with Crippen LogP contribution in [0.5, 0.6) is 0 Å². The van der Waals surface area contributed by atoms with E-state index in [0.29, 0.717) is 0 Å². The van der Waals surface area contributed by atoms with Gasteiger partial charge in [-0.05, 0) is 0 Å². The number of carbonyl (C=O) groups excluding carboxylic acids is 2. The van der Waals surface area contributed by atoms with Crippen LogP contribution in [0.2, 0.25) is 0 Å². The molecule has 0 heterocycles. The van der Waals surface area contributed by atoms with Gasteiger partial charge in [-0.1, -0.05) is 0 Å². The smallest absolute Gasteiger partial charge is 0.309 e. The fourth-order valence-corrected chi connectivity index (χ4v) is 1.98. The maximum absolute atomic E-state index is 11.5. The molecule has 0 rings (SSSR count). The molecule has 0 saturated carbocycles. The van der Waals surface area contributed by atoms with Crippen molar-refractivity contribution >= 4 is 11.8 Å². The van der Waals surface area contributed by atoms with Crippen molar-refractivity contribution in [3.8, 4) is 0 Å². The van der Waals surface area contributed by atoms with Crippen molar-refractivity contribution in [1.82, 2.24) is 5.32 Å². The van der Waals surface area contributed by atoms with Crippen molar-refractivity contribution in [1.29, 1.82) is 0 Å². The van der Waals surface area contributed by atoms with Gasteiger partial charge < -0.3 is 35.1 Å². The summed E-state index contributed by atoms with van der Waals surface area (Å²) in [5, 5.41) is 11.7. The molecule has 2 amide bonds. The summed E-state index contributed by atoms with van der Waals surface area (Å²) in [5.74, 6) is -2.09. The zero-order valence-corrected chi connectivity index (χ0v) is 12.7. The highest BCUT2D eigenvalue weighted by molar-refractivity contribution is 6.34. The summed E-state index contributed by atoms with van der Waals surface area (Å²) in [4.78, 5) is 22.3. The van der Waals surface area contributed by atoms with Gasteiger partial charge in [0.1, 0.15) is 18.3 Å². The van der Waals surface area contributed by atoms with Gasteiger partial charge in [-0.25, -0.2) is 0 Å². The molecule has 4 unspecified atom stereocenters. The van der Waals surface area contributed by atoms with E-state index in [9.17, 15) is 14.7 Å². The average Bonchev–Trinajstić information content (AvgIpc) is 2.47. The van der Waals surface area contributed by atoms with E-state index >= 15 is 0 Å². The number of aliphatic hydroxyl groups is 1. The molecular weight excluding hydrogens is 284 g/mol. The van der Waals surface area contributed by atoms with Crippen molar-refractivity contribution in [2.75, 3.05) is 41.7 Å². The minimum atomic E-state index is -1.12. The summed E-state index contributed by atoms with van der Waals surface area (Å²) in [6, 6.07) is -0.714. The van der Waals surface area contributed by atoms with Gasteiger partial charge in [0.05, 0.1) is 19.3 Å². The van der Waals surface area contributed by atoms with Crippen LogP contribution in [0, 0.1) is 0 Å². The molecule has 0 aromatic heterocycles. The molecule has 0 fully saturated rings. The lowest BCUT2D eigenvalue weighted by Gasteiger charge is -2.34. The number of aliphatic hydroxyl groups excluding tert-OH is 1. The summed E-state index contributed by atoms with van der Waals surface area (Å²) in [6.45, 7) is -0.252. The van der Waals surface area contributed by atoms with E-state index in [0.717, 1.165) is 0 Å². The van der Waals surface area contributed by atoms with Gasteiger partial charge in [-0.2, -0.15) is 0 Å². The highest BCUT2D eigenvalue weighted by Gasteiger charge is 2.36. The fourth-order valence-electron chi connectivity index (χ4n) is 1.98. The first-order chi connectivity index (χ1) is 9.96. The summed E-state index contributed by atoms with van der Waals surface area (Å²) in [6.07, 6.45) is -2.10. The van der Waals surface area contributed by atoms with Gasteiger partial charge in [0.15, 0.2) is 0 Å². The molecule has 9 heteroatoms. The van der Waals surface area contributed by atoms with Crippen molar-refractivity contribution in [3.63, 3.8) is 0 Å². The van der Waals surface area contributed by atoms with Crippen molar-refractivity contribution in [2.45, 2.75) is 24.4 Å². The Balaban J connectivity index is 5.17. The minimum absolute atomic E-state index is 0.0548. The van der Waals surface area contributed by atoms with E-state index in [2.05, 4.69) is 5.32 Å². The van der Waals surface area contributed by atoms with E-state index < -0.39 is 36.2 Å². The Bertz CT molecular complexity index is 323. The Hall–Kier alpha value is -1.26. The van der Waals surface area contributed by atoms with E-state index in [4.69, 9.17) is 24.7 Å². The first kappa shape index (κ1) is 19.7. The van der Waals surface area contributed by atoms with Gasteiger partial charge in [-0.3, -0.25) is 9.59 Å². The normalized spacial score (nSPS) is 16.8. The number of nitrogens with two attached hydrogens (primary N) is 1. The Morgan fingerprint density at radius 2 is 1.67 bits per heavy atom. The Labute approximate surface area is 123 Å². The molecule has 124 valence electrons. The lowest BCUT2D eigenvalue weighted by molar-refractivity contribution is -0.145. The van der Waals surface area contributed by atoms with Crippen LogP contribution in [0.3, 0.4) is 0 Å². The molecule has 0 aromatic rings. The molecule has 21 heavy (non-hydrogen) atoms. The first-order valence-electron chi connectivity index (χ1n) is 6.25. The number of hydrogen-bond acceptors (Lipinski definition) is 7. The van der Waals surface area contributed by atoms with Crippen LogP contribution in [0.1, 0.15) is 0 Å². The molecule has 4 N–H and O–H groups in total. The molecule has 0 radical (unpaired) electrons. The van der Waals surface area contributed by atoms with Crippen LogP contribution >= 0.6 is 0 Å². The zero-order valence-electron chi connectivity index (χ0n) is 12.7. The topological polar surface area (TPSA) is 129 Å². The molecule has 0 bridgehead atoms. The first-order valence-corrected chi connectivity index (χ1v) is 6.25. The number of amides is 2. The summed E-state index contributed by atoms with van der Waals surface area (Å²) in [7, 11) is 5.66. The molecule has 0 spiro atoms. The van der Waals surface area contributed by atoms with E-state index in [1.165, 1.54) is 28.4 Å². The van der Waals surface area contributed by atoms with Crippen LogP contribution in [-0.2, 0) is 28.5 Å². The number of ether oxygens (including phenoxy) is 4. The number of rotatable bonds is 10. The lowest BCUT2D eigenvalue weighted by atomic mass is 10.0. The zero-order chi connectivity index (χ0) is 16.4. The molecule has 0 aromatic carbocycles. The minimum Gasteiger partial charge on any atom is -0.394 e. The standard InChI is InChI=1S/C12H24N2O7/c1-18-6-7(14-12(17)11(13)16)9(20-3)10(21-4)8(5-15)19-2/h7-10,15H,5-6H2,1-4H3,(H2,13,16)(H,14,17). The maximum Gasteiger partial charge on any atom is 0.309 e. The maximum atomic E-state index is 11.5. The fraction of sp³-hybridized carbons (Fsp3) is 0.833. The van der Waals surface area contributed by atoms with Gasteiger partial charge in [0.2, 0.25) is 0 Å². The molecule has 9 nitrogen and oxygen atoms in total. The number of methoxy groups -OCH3 is 4. The SMILES string of the molecule is COCC(NC(=O)C(N)=O)C(OC)C(OC)C(CO)OC. The van der Waals surface area contributed by atoms with Crippen molar-refractivity contribution in [2.24, 2.45) is 5.73 Å². The second-order valence-corrected chi connectivity index (χ2v) is 4.26. The van der Waals surface area contributed by atoms with Crippen LogP contribution < -0.4 is 11.1 Å². The predicted octanol–water partition coefficient (Wildman–Crippen LogP) is -2.36. The third-order valence-corrected chi connectivity index (χ3v) is 3.00. The molecule has 0 aliphatic heterocycles. The number of primary amides is 1. The highest BCUT2D eigenvalue weighted by Crippen LogP contribution is 2.14. The van der Waals surface area contributed by atoms with Crippen LogP contribution in [0.4, 0.5) is 0 Å². The number of carbonyl (C=O) groups is 2. The Morgan fingerprint density at radius 1 is 1.10 bits per heavy atom. The van der Waals surface area contributed by atoms with E-state index in [1.807, 2.05) is 0 Å². The highest BCUT2D eigenvalue weighted by atomic mass is 16.6. The van der Waals surface area contributed by atoms with E-state index in [-0.39, 0.29) is 13.2 Å². The Kier molecular flexibility index (Phi) is 9.84. The lowest BCUT2D eigenvalue weighted by Crippen LogP contribution is -2.57. The summed E-state index contributed by atoms with van der Waals surface area (Å²) >= 11 is 0. The predicted molar refractivity (Wildman–Crippen MR) is 72.5 cm³/mol. The number of hydrogen-bond donors (Lipinski definition) is 3. The number of nitrogens with one attached hydrogen (secondary N) is 1.